The summed E-state index contributed by atoms with van der Waals surface area (Å²) in [6.07, 6.45) is 7.77. The summed E-state index contributed by atoms with van der Waals surface area (Å²) in [6.45, 7) is 0.194. The molecule has 0 bridgehead atoms. The van der Waals surface area contributed by atoms with Crippen LogP contribution in [0.15, 0.2) is 55.1 Å². The Hall–Kier alpha value is -3.81. The summed E-state index contributed by atoms with van der Waals surface area (Å²) < 4.78 is 31.8. The highest BCUT2D eigenvalue weighted by atomic mass is 19.1. The van der Waals surface area contributed by atoms with Crippen LogP contribution in [-0.4, -0.2) is 36.8 Å². The molecule has 3 rings (SSSR count). The van der Waals surface area contributed by atoms with Crippen LogP contribution in [0.4, 0.5) is 4.39 Å². The molecular formula is C22H22FN3O4. The maximum absolute atomic E-state index is 14.3. The third-order valence-corrected chi connectivity index (χ3v) is 4.38. The van der Waals surface area contributed by atoms with Gasteiger partial charge in [-0.25, -0.2) is 9.37 Å². The van der Waals surface area contributed by atoms with E-state index >= 15 is 0 Å². The fourth-order valence-electron chi connectivity index (χ4n) is 2.89. The largest absolute Gasteiger partial charge is 0.493 e. The third-order valence-electron chi connectivity index (χ3n) is 4.38. The minimum atomic E-state index is -0.396. The van der Waals surface area contributed by atoms with Gasteiger partial charge < -0.3 is 24.1 Å². The van der Waals surface area contributed by atoms with E-state index in [1.54, 1.807) is 47.3 Å². The van der Waals surface area contributed by atoms with E-state index in [-0.39, 0.29) is 12.5 Å². The topological polar surface area (TPSA) is 74.6 Å². The van der Waals surface area contributed by atoms with Crippen molar-refractivity contribution in [1.29, 1.82) is 0 Å². The Morgan fingerprint density at radius 1 is 1.13 bits per heavy atom. The Morgan fingerprint density at radius 3 is 2.43 bits per heavy atom. The van der Waals surface area contributed by atoms with E-state index in [1.807, 2.05) is 0 Å². The number of aromatic nitrogens is 2. The molecule has 156 valence electrons. The number of imidazole rings is 1. The molecule has 0 saturated heterocycles. The Bertz CT molecular complexity index is 1020. The molecule has 0 spiro atoms. The maximum atomic E-state index is 14.3. The van der Waals surface area contributed by atoms with E-state index in [0.717, 1.165) is 0 Å². The van der Waals surface area contributed by atoms with Crippen molar-refractivity contribution in [2.75, 3.05) is 21.3 Å². The average Bonchev–Trinajstić information content (AvgIpc) is 3.30. The van der Waals surface area contributed by atoms with Crippen molar-refractivity contribution in [3.63, 3.8) is 0 Å². The van der Waals surface area contributed by atoms with Gasteiger partial charge >= 0.3 is 0 Å². The Labute approximate surface area is 173 Å². The maximum Gasteiger partial charge on any atom is 0.244 e. The number of ether oxygens (including phenoxy) is 3. The zero-order chi connectivity index (χ0) is 21.5. The second kappa shape index (κ2) is 9.60. The zero-order valence-electron chi connectivity index (χ0n) is 16.9. The van der Waals surface area contributed by atoms with Gasteiger partial charge in [0.15, 0.2) is 11.5 Å². The quantitative estimate of drug-likeness (QED) is 0.576. The molecule has 0 aliphatic carbocycles. The molecule has 2 aromatic carbocycles. The van der Waals surface area contributed by atoms with Crippen LogP contribution < -0.4 is 19.5 Å². The van der Waals surface area contributed by atoms with Crippen LogP contribution >= 0.6 is 0 Å². The second-order valence-electron chi connectivity index (χ2n) is 6.27. The van der Waals surface area contributed by atoms with E-state index in [2.05, 4.69) is 10.3 Å². The number of nitrogens with zero attached hydrogens (tertiary/aromatic N) is 2. The highest BCUT2D eigenvalue weighted by molar-refractivity contribution is 5.91. The molecule has 0 unspecified atom stereocenters. The number of nitrogens with one attached hydrogen (secondary N) is 1. The van der Waals surface area contributed by atoms with Crippen molar-refractivity contribution in [2.45, 2.75) is 6.54 Å². The van der Waals surface area contributed by atoms with Gasteiger partial charge in [0.2, 0.25) is 11.7 Å². The van der Waals surface area contributed by atoms with Gasteiger partial charge in [-0.2, -0.15) is 0 Å². The summed E-state index contributed by atoms with van der Waals surface area (Å²) in [5, 5.41) is 2.73. The lowest BCUT2D eigenvalue weighted by molar-refractivity contribution is -0.116. The van der Waals surface area contributed by atoms with Crippen LogP contribution in [0.3, 0.4) is 0 Å². The SMILES string of the molecule is COc1cc(/C=C/C(=O)NCc2ccc(-n3ccnc3)c(F)c2)cc(OC)c1OC. The summed E-state index contributed by atoms with van der Waals surface area (Å²) >= 11 is 0. The van der Waals surface area contributed by atoms with E-state index in [0.29, 0.717) is 34.1 Å². The van der Waals surface area contributed by atoms with E-state index in [1.165, 1.54) is 39.8 Å². The second-order valence-corrected chi connectivity index (χ2v) is 6.27. The molecule has 1 amide bonds. The first-order valence-corrected chi connectivity index (χ1v) is 9.08. The normalized spacial score (nSPS) is 10.8. The van der Waals surface area contributed by atoms with Crippen molar-refractivity contribution in [2.24, 2.45) is 0 Å². The Balaban J connectivity index is 1.65. The molecule has 0 fully saturated rings. The van der Waals surface area contributed by atoms with Crippen molar-refractivity contribution < 1.29 is 23.4 Å². The van der Waals surface area contributed by atoms with Crippen LogP contribution in [-0.2, 0) is 11.3 Å². The molecule has 0 aliphatic heterocycles. The summed E-state index contributed by atoms with van der Waals surface area (Å²) in [5.74, 6) is 0.744. The molecule has 0 atom stereocenters. The molecule has 1 aromatic heterocycles. The van der Waals surface area contributed by atoms with Gasteiger partial charge in [0, 0.05) is 25.0 Å². The number of carbonyl (C=O) groups excluding carboxylic acids is 1. The minimum Gasteiger partial charge on any atom is -0.493 e. The number of rotatable bonds is 8. The van der Waals surface area contributed by atoms with E-state index < -0.39 is 5.82 Å². The smallest absolute Gasteiger partial charge is 0.244 e. The lowest BCUT2D eigenvalue weighted by Gasteiger charge is -2.12. The van der Waals surface area contributed by atoms with E-state index in [9.17, 15) is 9.18 Å². The highest BCUT2D eigenvalue weighted by Crippen LogP contribution is 2.38. The van der Waals surface area contributed by atoms with Crippen LogP contribution in [0.25, 0.3) is 11.8 Å². The fraction of sp³-hybridized carbons (Fsp3) is 0.182. The number of benzene rings is 2. The third kappa shape index (κ3) is 4.78. The Morgan fingerprint density at radius 2 is 1.87 bits per heavy atom. The predicted octanol–water partition coefficient (Wildman–Crippen LogP) is 3.37. The van der Waals surface area contributed by atoms with Gasteiger partial charge in [-0.3, -0.25) is 4.79 Å². The number of methoxy groups -OCH3 is 3. The van der Waals surface area contributed by atoms with Crippen molar-refractivity contribution >= 4 is 12.0 Å². The van der Waals surface area contributed by atoms with Gasteiger partial charge in [-0.1, -0.05) is 6.07 Å². The number of hydrogen-bond donors (Lipinski definition) is 1. The van der Waals surface area contributed by atoms with Crippen molar-refractivity contribution in [1.82, 2.24) is 14.9 Å². The van der Waals surface area contributed by atoms with Gasteiger partial charge in [-0.15, -0.1) is 0 Å². The average molecular weight is 411 g/mol. The van der Waals surface area contributed by atoms with Crippen LogP contribution in [0.5, 0.6) is 17.2 Å². The highest BCUT2D eigenvalue weighted by Gasteiger charge is 2.12. The predicted molar refractivity (Wildman–Crippen MR) is 111 cm³/mol. The molecule has 30 heavy (non-hydrogen) atoms. The van der Waals surface area contributed by atoms with Crippen molar-refractivity contribution in [3.05, 3.63) is 72.1 Å². The van der Waals surface area contributed by atoms with Gasteiger partial charge in [0.1, 0.15) is 5.82 Å². The first-order valence-electron chi connectivity index (χ1n) is 9.08. The first kappa shape index (κ1) is 20.9. The Kier molecular flexibility index (Phi) is 6.69. The minimum absolute atomic E-state index is 0.194. The molecule has 7 nitrogen and oxygen atoms in total. The molecule has 0 saturated carbocycles. The molecule has 1 N–H and O–H groups in total. The number of amides is 1. The number of hydrogen-bond acceptors (Lipinski definition) is 5. The molecule has 0 radical (unpaired) electrons. The van der Waals surface area contributed by atoms with Crippen LogP contribution in [0, 0.1) is 5.82 Å². The summed E-state index contributed by atoms with van der Waals surface area (Å²) in [7, 11) is 4.57. The number of carbonyl (C=O) groups is 1. The fourth-order valence-corrected chi connectivity index (χ4v) is 2.89. The zero-order valence-corrected chi connectivity index (χ0v) is 16.9. The monoisotopic (exact) mass is 411 g/mol. The molecule has 8 heteroatoms. The summed E-state index contributed by atoms with van der Waals surface area (Å²) in [5.41, 5.74) is 1.74. The van der Waals surface area contributed by atoms with Crippen LogP contribution in [0.1, 0.15) is 11.1 Å². The summed E-state index contributed by atoms with van der Waals surface area (Å²) in [6, 6.07) is 8.25. The first-order chi connectivity index (χ1) is 14.5. The molecule has 0 aliphatic rings. The van der Waals surface area contributed by atoms with Gasteiger partial charge in [0.25, 0.3) is 0 Å². The van der Waals surface area contributed by atoms with Gasteiger partial charge in [0.05, 0.1) is 33.3 Å². The lowest BCUT2D eigenvalue weighted by Crippen LogP contribution is -2.20. The van der Waals surface area contributed by atoms with Crippen molar-refractivity contribution in [3.8, 4) is 22.9 Å². The lowest BCUT2D eigenvalue weighted by atomic mass is 10.1. The summed E-state index contributed by atoms with van der Waals surface area (Å²) in [4.78, 5) is 16.1. The molecule has 1 heterocycles. The standard InChI is InChI=1S/C22H22FN3O4/c1-28-19-11-15(12-20(29-2)22(19)30-3)5-7-21(27)25-13-16-4-6-18(17(23)10-16)26-9-8-24-14-26/h4-12,14H,13H2,1-3H3,(H,25,27)/b7-5+. The number of halogens is 1. The van der Waals surface area contributed by atoms with E-state index in [4.69, 9.17) is 14.2 Å². The van der Waals surface area contributed by atoms with Gasteiger partial charge in [-0.05, 0) is 41.5 Å². The molecule has 3 aromatic rings. The van der Waals surface area contributed by atoms with Crippen LogP contribution in [0.2, 0.25) is 0 Å². The molecular weight excluding hydrogens is 389 g/mol.